The summed E-state index contributed by atoms with van der Waals surface area (Å²) in [6.07, 6.45) is 1.65. The van der Waals surface area contributed by atoms with Crippen LogP contribution in [0.2, 0.25) is 0 Å². The molecular formula is C19H21N3O3. The number of nitrogens with zero attached hydrogens (tertiary/aromatic N) is 1. The Morgan fingerprint density at radius 2 is 2.12 bits per heavy atom. The Labute approximate surface area is 146 Å². The highest BCUT2D eigenvalue weighted by molar-refractivity contribution is 5.98. The van der Waals surface area contributed by atoms with Crippen LogP contribution >= 0.6 is 0 Å². The lowest BCUT2D eigenvalue weighted by molar-refractivity contribution is 0.0963. The minimum atomic E-state index is -0.186. The SMILES string of the molecule is CNC(=O)c1cccnc1NC(C)c1oc2ccc(OC)cc2c1C. The molecule has 6 heteroatoms. The second-order valence-electron chi connectivity index (χ2n) is 5.80. The van der Waals surface area contributed by atoms with E-state index in [4.69, 9.17) is 9.15 Å². The Bertz CT molecular complexity index is 917. The fourth-order valence-electron chi connectivity index (χ4n) is 2.87. The number of aromatic nitrogens is 1. The first-order chi connectivity index (χ1) is 12.0. The van der Waals surface area contributed by atoms with E-state index < -0.39 is 0 Å². The van der Waals surface area contributed by atoms with Crippen LogP contribution in [-0.4, -0.2) is 25.0 Å². The zero-order valence-corrected chi connectivity index (χ0v) is 14.7. The summed E-state index contributed by atoms with van der Waals surface area (Å²) in [6.45, 7) is 3.99. The molecule has 0 radical (unpaired) electrons. The van der Waals surface area contributed by atoms with Crippen LogP contribution in [-0.2, 0) is 0 Å². The maximum atomic E-state index is 12.0. The van der Waals surface area contributed by atoms with Crippen LogP contribution in [0.4, 0.5) is 5.82 Å². The van der Waals surface area contributed by atoms with Crippen LogP contribution in [0.5, 0.6) is 5.75 Å². The van der Waals surface area contributed by atoms with Crippen molar-refractivity contribution in [3.05, 3.63) is 53.4 Å². The number of nitrogens with one attached hydrogen (secondary N) is 2. The molecule has 2 aromatic heterocycles. The molecule has 0 saturated heterocycles. The van der Waals surface area contributed by atoms with E-state index in [0.29, 0.717) is 11.4 Å². The largest absolute Gasteiger partial charge is 0.497 e. The van der Waals surface area contributed by atoms with Gasteiger partial charge in [-0.15, -0.1) is 0 Å². The molecule has 1 amide bonds. The van der Waals surface area contributed by atoms with Crippen LogP contribution < -0.4 is 15.4 Å². The summed E-state index contributed by atoms with van der Waals surface area (Å²) in [5, 5.41) is 6.91. The molecule has 3 rings (SSSR count). The molecule has 0 aliphatic rings. The van der Waals surface area contributed by atoms with Crippen LogP contribution in [0, 0.1) is 6.92 Å². The summed E-state index contributed by atoms with van der Waals surface area (Å²) in [5.74, 6) is 1.92. The summed E-state index contributed by atoms with van der Waals surface area (Å²) in [7, 11) is 3.24. The molecule has 0 bridgehead atoms. The zero-order chi connectivity index (χ0) is 18.0. The molecule has 2 N–H and O–H groups in total. The molecule has 0 fully saturated rings. The van der Waals surface area contributed by atoms with Crippen molar-refractivity contribution >= 4 is 22.7 Å². The van der Waals surface area contributed by atoms with E-state index in [1.165, 1.54) is 0 Å². The van der Waals surface area contributed by atoms with Crippen LogP contribution in [0.15, 0.2) is 40.9 Å². The Balaban J connectivity index is 1.94. The van der Waals surface area contributed by atoms with Crippen molar-refractivity contribution in [3.63, 3.8) is 0 Å². The third-order valence-electron chi connectivity index (χ3n) is 4.21. The van der Waals surface area contributed by atoms with Crippen molar-refractivity contribution in [3.8, 4) is 5.75 Å². The van der Waals surface area contributed by atoms with E-state index in [-0.39, 0.29) is 11.9 Å². The van der Waals surface area contributed by atoms with Gasteiger partial charge in [-0.25, -0.2) is 4.98 Å². The fraction of sp³-hybridized carbons (Fsp3) is 0.263. The topological polar surface area (TPSA) is 76.4 Å². The smallest absolute Gasteiger partial charge is 0.254 e. The Kier molecular flexibility index (Phi) is 4.61. The van der Waals surface area contributed by atoms with Crippen LogP contribution in [0.25, 0.3) is 11.0 Å². The van der Waals surface area contributed by atoms with Gasteiger partial charge < -0.3 is 19.8 Å². The van der Waals surface area contributed by atoms with Gasteiger partial charge in [0.05, 0.1) is 18.7 Å². The molecule has 1 atom stereocenters. The number of aryl methyl sites for hydroxylation is 1. The summed E-state index contributed by atoms with van der Waals surface area (Å²) in [5.41, 5.74) is 2.33. The molecule has 1 unspecified atom stereocenters. The molecule has 0 saturated carbocycles. The number of benzene rings is 1. The van der Waals surface area contributed by atoms with Crippen molar-refractivity contribution in [2.24, 2.45) is 0 Å². The first-order valence-electron chi connectivity index (χ1n) is 8.05. The number of carbonyl (C=O) groups excluding carboxylic acids is 1. The number of anilines is 1. The Morgan fingerprint density at radius 1 is 1.32 bits per heavy atom. The summed E-state index contributed by atoms with van der Waals surface area (Å²) in [6, 6.07) is 9.04. The highest BCUT2D eigenvalue weighted by Crippen LogP contribution is 2.33. The number of rotatable bonds is 5. The second kappa shape index (κ2) is 6.84. The van der Waals surface area contributed by atoms with Crippen LogP contribution in [0.1, 0.15) is 34.6 Å². The number of furan rings is 1. The van der Waals surface area contributed by atoms with E-state index in [0.717, 1.165) is 28.0 Å². The predicted molar refractivity (Wildman–Crippen MR) is 97.2 cm³/mol. The molecule has 0 aliphatic heterocycles. The van der Waals surface area contributed by atoms with Gasteiger partial charge in [0.25, 0.3) is 5.91 Å². The number of fused-ring (bicyclic) bond motifs is 1. The van der Waals surface area contributed by atoms with Crippen molar-refractivity contribution in [1.82, 2.24) is 10.3 Å². The quantitative estimate of drug-likeness (QED) is 0.741. The lowest BCUT2D eigenvalue weighted by Gasteiger charge is -2.15. The third kappa shape index (κ3) is 3.15. The minimum absolute atomic E-state index is 0.156. The van der Waals surface area contributed by atoms with Crippen LogP contribution in [0.3, 0.4) is 0 Å². The molecule has 0 spiro atoms. The highest BCUT2D eigenvalue weighted by Gasteiger charge is 2.19. The number of methoxy groups -OCH3 is 1. The van der Waals surface area contributed by atoms with Gasteiger partial charge in [-0.3, -0.25) is 4.79 Å². The van der Waals surface area contributed by atoms with E-state index in [1.54, 1.807) is 32.5 Å². The summed E-state index contributed by atoms with van der Waals surface area (Å²) in [4.78, 5) is 16.3. The number of carbonyl (C=O) groups is 1. The molecule has 0 aliphatic carbocycles. The first-order valence-corrected chi connectivity index (χ1v) is 8.05. The van der Waals surface area contributed by atoms with Crippen molar-refractivity contribution < 1.29 is 13.9 Å². The maximum absolute atomic E-state index is 12.0. The highest BCUT2D eigenvalue weighted by atomic mass is 16.5. The zero-order valence-electron chi connectivity index (χ0n) is 14.7. The van der Waals surface area contributed by atoms with Crippen molar-refractivity contribution in [2.75, 3.05) is 19.5 Å². The molecule has 3 aromatic rings. The number of pyridine rings is 1. The van der Waals surface area contributed by atoms with E-state index in [1.807, 2.05) is 32.0 Å². The average molecular weight is 339 g/mol. The van der Waals surface area contributed by atoms with Crippen molar-refractivity contribution in [2.45, 2.75) is 19.9 Å². The second-order valence-corrected chi connectivity index (χ2v) is 5.80. The standard InChI is InChI=1S/C19H21N3O3/c1-11-15-10-13(24-4)7-8-16(15)25-17(11)12(2)22-18-14(19(23)20-3)6-5-9-21-18/h5-10,12H,1-4H3,(H,20,23)(H,21,22). The number of hydrogen-bond acceptors (Lipinski definition) is 5. The number of ether oxygens (including phenoxy) is 1. The average Bonchev–Trinajstić information content (AvgIpc) is 2.97. The molecule has 1 aromatic carbocycles. The van der Waals surface area contributed by atoms with Gasteiger partial charge in [-0.05, 0) is 44.2 Å². The molecule has 25 heavy (non-hydrogen) atoms. The van der Waals surface area contributed by atoms with Gasteiger partial charge >= 0.3 is 0 Å². The number of amides is 1. The lowest BCUT2D eigenvalue weighted by atomic mass is 10.1. The van der Waals surface area contributed by atoms with E-state index >= 15 is 0 Å². The van der Waals surface area contributed by atoms with Gasteiger partial charge in [-0.1, -0.05) is 0 Å². The Hall–Kier alpha value is -3.02. The maximum Gasteiger partial charge on any atom is 0.254 e. The van der Waals surface area contributed by atoms with Crippen molar-refractivity contribution in [1.29, 1.82) is 0 Å². The van der Waals surface area contributed by atoms with Gasteiger partial charge in [0.1, 0.15) is 22.9 Å². The summed E-state index contributed by atoms with van der Waals surface area (Å²) < 4.78 is 11.3. The lowest BCUT2D eigenvalue weighted by Crippen LogP contribution is -2.21. The fourth-order valence-corrected chi connectivity index (χ4v) is 2.87. The Morgan fingerprint density at radius 3 is 2.84 bits per heavy atom. The third-order valence-corrected chi connectivity index (χ3v) is 4.21. The van der Waals surface area contributed by atoms with E-state index in [2.05, 4.69) is 15.6 Å². The van der Waals surface area contributed by atoms with Gasteiger partial charge in [-0.2, -0.15) is 0 Å². The molecule has 6 nitrogen and oxygen atoms in total. The van der Waals surface area contributed by atoms with Gasteiger partial charge in [0.2, 0.25) is 0 Å². The predicted octanol–water partition coefficient (Wildman–Crippen LogP) is 3.68. The minimum Gasteiger partial charge on any atom is -0.497 e. The van der Waals surface area contributed by atoms with E-state index in [9.17, 15) is 4.79 Å². The monoisotopic (exact) mass is 339 g/mol. The first kappa shape index (κ1) is 16.8. The number of hydrogen-bond donors (Lipinski definition) is 2. The van der Waals surface area contributed by atoms with Gasteiger partial charge in [0, 0.05) is 24.2 Å². The summed E-state index contributed by atoms with van der Waals surface area (Å²) >= 11 is 0. The molecular weight excluding hydrogens is 318 g/mol. The molecule has 2 heterocycles. The normalized spacial score (nSPS) is 12.0. The van der Waals surface area contributed by atoms with Gasteiger partial charge in [0.15, 0.2) is 0 Å². The molecule has 130 valence electrons.